The van der Waals surface area contributed by atoms with Crippen LogP contribution in [0.25, 0.3) is 0 Å². The van der Waals surface area contributed by atoms with Crippen molar-refractivity contribution in [3.8, 4) is 0 Å². The summed E-state index contributed by atoms with van der Waals surface area (Å²) < 4.78 is 83.1. The summed E-state index contributed by atoms with van der Waals surface area (Å²) in [5, 5.41) is 9.55. The number of halogens is 6. The number of carbonyl (C=O) groups excluding carboxylic acids is 1. The van der Waals surface area contributed by atoms with E-state index in [1.807, 2.05) is 0 Å². The van der Waals surface area contributed by atoms with Gasteiger partial charge in [0.05, 0.1) is 0 Å². The molecule has 0 amide bonds. The number of hydrogen-bond acceptors (Lipinski definition) is 3. The Kier molecular flexibility index (Phi) is 5.35. The van der Waals surface area contributed by atoms with Crippen LogP contribution in [0.1, 0.15) is 31.9 Å². The molecule has 1 aromatic carbocycles. The first kappa shape index (κ1) is 21.0. The van der Waals surface area contributed by atoms with Crippen LogP contribution in [-0.4, -0.2) is 23.4 Å². The van der Waals surface area contributed by atoms with Gasteiger partial charge < -0.3 is 9.84 Å². The molecule has 0 aliphatic carbocycles. The summed E-state index contributed by atoms with van der Waals surface area (Å²) in [6.07, 6.45) is -10.1. The molecule has 1 rings (SSSR count). The summed E-state index contributed by atoms with van der Waals surface area (Å²) in [7, 11) is 0. The second-order valence-electron chi connectivity index (χ2n) is 5.85. The Morgan fingerprint density at radius 2 is 1.36 bits per heavy atom. The summed E-state index contributed by atoms with van der Waals surface area (Å²) >= 11 is 0. The van der Waals surface area contributed by atoms with Gasteiger partial charge in [0.2, 0.25) is 5.60 Å². The summed E-state index contributed by atoms with van der Waals surface area (Å²) in [4.78, 5) is 11.5. The van der Waals surface area contributed by atoms with Crippen LogP contribution in [0.2, 0.25) is 0 Å². The van der Waals surface area contributed by atoms with Crippen molar-refractivity contribution in [1.82, 2.24) is 0 Å². The van der Waals surface area contributed by atoms with E-state index < -0.39 is 40.7 Å². The molecule has 0 aliphatic heterocycles. The standard InChI is InChI=1S/C16H16F6O3/c1-9(2)12(23)25-14(4,16(20,21)22)11-7-5-10(6-8-11)13(3,24)15(17,18)19/h5-8,24H,1H2,2-4H3. The van der Waals surface area contributed by atoms with Gasteiger partial charge in [0.25, 0.3) is 0 Å². The predicted octanol–water partition coefficient (Wildman–Crippen LogP) is 4.35. The molecule has 0 heterocycles. The second kappa shape index (κ2) is 6.36. The molecule has 0 fully saturated rings. The van der Waals surface area contributed by atoms with Crippen molar-refractivity contribution in [2.24, 2.45) is 0 Å². The lowest BCUT2D eigenvalue weighted by Crippen LogP contribution is -2.44. The van der Waals surface area contributed by atoms with Crippen molar-refractivity contribution in [1.29, 1.82) is 0 Å². The average Bonchev–Trinajstić information content (AvgIpc) is 2.44. The monoisotopic (exact) mass is 370 g/mol. The first-order valence-corrected chi connectivity index (χ1v) is 6.89. The van der Waals surface area contributed by atoms with E-state index in [2.05, 4.69) is 11.3 Å². The van der Waals surface area contributed by atoms with Gasteiger partial charge in [-0.05, 0) is 26.3 Å². The molecule has 0 spiro atoms. The lowest BCUT2D eigenvalue weighted by molar-refractivity contribution is -0.268. The zero-order valence-electron chi connectivity index (χ0n) is 13.5. The molecule has 2 unspecified atom stereocenters. The van der Waals surface area contributed by atoms with Gasteiger partial charge in [-0.1, -0.05) is 30.8 Å². The number of rotatable bonds is 4. The Labute approximate surface area is 139 Å². The fraction of sp³-hybridized carbons (Fsp3) is 0.438. The summed E-state index contributed by atoms with van der Waals surface area (Å²) in [5.41, 5.74) is -7.86. The van der Waals surface area contributed by atoms with Gasteiger partial charge in [0, 0.05) is 11.1 Å². The lowest BCUT2D eigenvalue weighted by atomic mass is 9.89. The molecule has 1 N–H and O–H groups in total. The maximum absolute atomic E-state index is 13.4. The highest BCUT2D eigenvalue weighted by Gasteiger charge is 2.56. The van der Waals surface area contributed by atoms with Crippen molar-refractivity contribution >= 4 is 5.97 Å². The largest absolute Gasteiger partial charge is 0.441 e. The lowest BCUT2D eigenvalue weighted by Gasteiger charge is -2.33. The maximum Gasteiger partial charge on any atom is 0.432 e. The fourth-order valence-corrected chi connectivity index (χ4v) is 1.83. The smallest absolute Gasteiger partial charge is 0.432 e. The molecule has 1 aromatic rings. The Morgan fingerprint density at radius 3 is 1.68 bits per heavy atom. The summed E-state index contributed by atoms with van der Waals surface area (Å²) in [6.45, 7) is 5.40. The number of aliphatic hydroxyl groups is 1. The summed E-state index contributed by atoms with van der Waals surface area (Å²) in [6, 6.07) is 2.83. The number of benzene rings is 1. The Morgan fingerprint density at radius 1 is 0.960 bits per heavy atom. The van der Waals surface area contributed by atoms with Gasteiger partial charge >= 0.3 is 18.3 Å². The topological polar surface area (TPSA) is 46.5 Å². The van der Waals surface area contributed by atoms with E-state index in [4.69, 9.17) is 0 Å². The molecule has 25 heavy (non-hydrogen) atoms. The Bertz CT molecular complexity index is 658. The summed E-state index contributed by atoms with van der Waals surface area (Å²) in [5.74, 6) is -1.30. The molecule has 0 radical (unpaired) electrons. The number of carbonyl (C=O) groups is 1. The SMILES string of the molecule is C=C(C)C(=O)OC(C)(c1ccc(C(C)(O)C(F)(F)F)cc1)C(F)(F)F. The van der Waals surface area contributed by atoms with E-state index in [1.165, 1.54) is 0 Å². The highest BCUT2D eigenvalue weighted by atomic mass is 19.4. The van der Waals surface area contributed by atoms with Crippen molar-refractivity contribution in [2.75, 3.05) is 0 Å². The predicted molar refractivity (Wildman–Crippen MR) is 76.4 cm³/mol. The van der Waals surface area contributed by atoms with E-state index in [0.717, 1.165) is 6.92 Å². The quantitative estimate of drug-likeness (QED) is 0.487. The molecule has 140 valence electrons. The van der Waals surface area contributed by atoms with Crippen molar-refractivity contribution in [3.05, 3.63) is 47.5 Å². The minimum absolute atomic E-state index is 0.271. The van der Waals surface area contributed by atoms with Crippen LogP contribution in [-0.2, 0) is 20.7 Å². The molecule has 0 bridgehead atoms. The Balaban J connectivity index is 3.36. The van der Waals surface area contributed by atoms with Crippen LogP contribution in [0.4, 0.5) is 26.3 Å². The molecular formula is C16H16F6O3. The second-order valence-corrected chi connectivity index (χ2v) is 5.85. The molecular weight excluding hydrogens is 354 g/mol. The zero-order valence-corrected chi connectivity index (χ0v) is 13.5. The first-order valence-electron chi connectivity index (χ1n) is 6.89. The van der Waals surface area contributed by atoms with Gasteiger partial charge in [-0.25, -0.2) is 4.79 Å². The van der Waals surface area contributed by atoms with E-state index >= 15 is 0 Å². The molecule has 3 nitrogen and oxygen atoms in total. The highest BCUT2D eigenvalue weighted by Crippen LogP contribution is 2.44. The average molecular weight is 370 g/mol. The fourth-order valence-electron chi connectivity index (χ4n) is 1.83. The van der Waals surface area contributed by atoms with Crippen molar-refractivity contribution in [2.45, 2.75) is 44.3 Å². The van der Waals surface area contributed by atoms with Crippen LogP contribution in [0.15, 0.2) is 36.4 Å². The first-order chi connectivity index (χ1) is 11.0. The highest BCUT2D eigenvalue weighted by molar-refractivity contribution is 5.87. The number of esters is 1. The number of alkyl halides is 6. The minimum atomic E-state index is -5.04. The maximum atomic E-state index is 13.4. The third kappa shape index (κ3) is 3.97. The van der Waals surface area contributed by atoms with Gasteiger partial charge in [0.1, 0.15) is 0 Å². The number of hydrogen-bond donors (Lipinski definition) is 1. The molecule has 0 aliphatic rings. The third-order valence-electron chi connectivity index (χ3n) is 3.74. The molecule has 9 heteroatoms. The van der Waals surface area contributed by atoms with Crippen LogP contribution in [0.5, 0.6) is 0 Å². The normalized spacial score (nSPS) is 17.4. The molecule has 0 saturated carbocycles. The van der Waals surface area contributed by atoms with E-state index in [0.29, 0.717) is 38.1 Å². The van der Waals surface area contributed by atoms with Crippen molar-refractivity contribution < 1.29 is 41.0 Å². The number of ether oxygens (including phenoxy) is 1. The van der Waals surface area contributed by atoms with Gasteiger partial charge in [-0.3, -0.25) is 0 Å². The molecule has 2 atom stereocenters. The van der Waals surface area contributed by atoms with Crippen LogP contribution < -0.4 is 0 Å². The molecule has 0 aromatic heterocycles. The van der Waals surface area contributed by atoms with Gasteiger partial charge in [-0.2, -0.15) is 26.3 Å². The minimum Gasteiger partial charge on any atom is -0.441 e. The van der Waals surface area contributed by atoms with E-state index in [-0.39, 0.29) is 5.57 Å². The van der Waals surface area contributed by atoms with E-state index in [9.17, 15) is 36.2 Å². The van der Waals surface area contributed by atoms with Crippen molar-refractivity contribution in [3.63, 3.8) is 0 Å². The van der Waals surface area contributed by atoms with Crippen LogP contribution in [0, 0.1) is 0 Å². The zero-order chi connectivity index (χ0) is 19.8. The van der Waals surface area contributed by atoms with Crippen LogP contribution in [0.3, 0.4) is 0 Å². The van der Waals surface area contributed by atoms with E-state index in [1.54, 1.807) is 0 Å². The molecule has 0 saturated heterocycles. The van der Waals surface area contributed by atoms with Crippen LogP contribution >= 0.6 is 0 Å². The Hall–Kier alpha value is -2.03. The van der Waals surface area contributed by atoms with Gasteiger partial charge in [-0.15, -0.1) is 0 Å². The van der Waals surface area contributed by atoms with Gasteiger partial charge in [0.15, 0.2) is 5.60 Å². The third-order valence-corrected chi connectivity index (χ3v) is 3.74.